The number of piperazine rings is 1. The van der Waals surface area contributed by atoms with Gasteiger partial charge >= 0.3 is 0 Å². The van der Waals surface area contributed by atoms with E-state index in [4.69, 9.17) is 4.42 Å². The molecule has 1 aliphatic heterocycles. The van der Waals surface area contributed by atoms with Gasteiger partial charge in [-0.1, -0.05) is 42.5 Å². The molecule has 0 amide bonds. The van der Waals surface area contributed by atoms with Gasteiger partial charge < -0.3 is 19.1 Å². The summed E-state index contributed by atoms with van der Waals surface area (Å²) in [5.74, 6) is 0.566. The third-order valence-electron chi connectivity index (χ3n) is 7.38. The lowest BCUT2D eigenvalue weighted by atomic mass is 9.96. The number of hydrogen-bond donors (Lipinski definition) is 0. The minimum absolute atomic E-state index is 0.0156. The maximum absolute atomic E-state index is 12.9. The number of likely N-dealkylation sites (N-methyl/N-ethyl adjacent to an activating group) is 1. The van der Waals surface area contributed by atoms with E-state index >= 15 is 0 Å². The average molecular weight is 498 g/mol. The van der Waals surface area contributed by atoms with Gasteiger partial charge in [-0.3, -0.25) is 4.79 Å². The maximum atomic E-state index is 12.9. The average Bonchev–Trinajstić information content (AvgIpc) is 3.28. The SMILES string of the molecule is CN1CCN(CCc2ccc(-c3cccc4c(=O)cc(N(C)C)oc34)c3sc4ccccc4c23)CC1. The Morgan fingerprint density at radius 3 is 2.50 bits per heavy atom. The Hall–Kier alpha value is -3.19. The van der Waals surface area contributed by atoms with Crippen molar-refractivity contribution in [1.29, 1.82) is 0 Å². The van der Waals surface area contributed by atoms with E-state index < -0.39 is 0 Å². The second-order valence-electron chi connectivity index (χ2n) is 10.00. The van der Waals surface area contributed by atoms with E-state index in [-0.39, 0.29) is 5.43 Å². The van der Waals surface area contributed by atoms with Crippen molar-refractivity contribution in [3.8, 4) is 11.1 Å². The van der Waals surface area contributed by atoms with Crippen molar-refractivity contribution in [1.82, 2.24) is 9.80 Å². The highest BCUT2D eigenvalue weighted by Crippen LogP contribution is 2.43. The molecule has 0 atom stereocenters. The zero-order valence-corrected chi connectivity index (χ0v) is 21.9. The number of fused-ring (bicyclic) bond motifs is 4. The van der Waals surface area contributed by atoms with Gasteiger partial charge in [0.25, 0.3) is 0 Å². The molecule has 6 heteroatoms. The highest BCUT2D eigenvalue weighted by atomic mass is 32.1. The van der Waals surface area contributed by atoms with Crippen LogP contribution in [0.1, 0.15) is 5.56 Å². The Balaban J connectivity index is 1.51. The van der Waals surface area contributed by atoms with E-state index in [0.717, 1.165) is 50.3 Å². The second-order valence-corrected chi connectivity index (χ2v) is 11.0. The lowest BCUT2D eigenvalue weighted by Gasteiger charge is -2.32. The van der Waals surface area contributed by atoms with Crippen molar-refractivity contribution in [2.24, 2.45) is 0 Å². The van der Waals surface area contributed by atoms with Crippen molar-refractivity contribution >= 4 is 48.4 Å². The number of rotatable bonds is 5. The number of nitrogens with zero attached hydrogens (tertiary/aromatic N) is 3. The minimum Gasteiger partial charge on any atom is -0.440 e. The summed E-state index contributed by atoms with van der Waals surface area (Å²) in [4.78, 5) is 19.7. The molecule has 3 heterocycles. The Labute approximate surface area is 215 Å². The first-order valence-corrected chi connectivity index (χ1v) is 13.4. The highest BCUT2D eigenvalue weighted by molar-refractivity contribution is 7.26. The van der Waals surface area contributed by atoms with Gasteiger partial charge in [0.15, 0.2) is 11.3 Å². The van der Waals surface area contributed by atoms with Crippen LogP contribution in [0.25, 0.3) is 42.3 Å². The molecule has 184 valence electrons. The number of para-hydroxylation sites is 1. The van der Waals surface area contributed by atoms with Gasteiger partial charge in [-0.25, -0.2) is 0 Å². The van der Waals surface area contributed by atoms with Crippen LogP contribution in [0.4, 0.5) is 5.88 Å². The molecule has 1 saturated heterocycles. The molecule has 6 rings (SSSR count). The first-order chi connectivity index (χ1) is 17.5. The van der Waals surface area contributed by atoms with E-state index in [1.165, 1.54) is 25.7 Å². The Bertz CT molecular complexity index is 1630. The zero-order valence-electron chi connectivity index (χ0n) is 21.1. The molecule has 0 aliphatic carbocycles. The van der Waals surface area contributed by atoms with Crippen LogP contribution in [0.2, 0.25) is 0 Å². The largest absolute Gasteiger partial charge is 0.440 e. The monoisotopic (exact) mass is 497 g/mol. The lowest BCUT2D eigenvalue weighted by molar-refractivity contribution is 0.155. The van der Waals surface area contributed by atoms with Crippen molar-refractivity contribution < 1.29 is 4.42 Å². The van der Waals surface area contributed by atoms with E-state index in [9.17, 15) is 4.79 Å². The van der Waals surface area contributed by atoms with E-state index in [1.807, 2.05) is 42.5 Å². The quantitative estimate of drug-likeness (QED) is 0.312. The van der Waals surface area contributed by atoms with Gasteiger partial charge in [0.2, 0.25) is 0 Å². The molecule has 0 spiro atoms. The van der Waals surface area contributed by atoms with E-state index in [0.29, 0.717) is 16.9 Å². The predicted octanol–water partition coefficient (Wildman–Crippen LogP) is 5.68. The summed E-state index contributed by atoms with van der Waals surface area (Å²) < 4.78 is 8.85. The van der Waals surface area contributed by atoms with Crippen molar-refractivity contribution in [3.05, 3.63) is 76.5 Å². The number of benzene rings is 3. The Morgan fingerprint density at radius 1 is 0.917 bits per heavy atom. The topological polar surface area (TPSA) is 39.9 Å². The lowest BCUT2D eigenvalue weighted by Crippen LogP contribution is -2.45. The molecule has 0 N–H and O–H groups in total. The summed E-state index contributed by atoms with van der Waals surface area (Å²) in [5, 5.41) is 3.26. The van der Waals surface area contributed by atoms with Crippen molar-refractivity contribution in [3.63, 3.8) is 0 Å². The molecule has 5 aromatic rings. The molecule has 0 saturated carbocycles. The summed E-state index contributed by atoms with van der Waals surface area (Å²) in [6.45, 7) is 5.60. The van der Waals surface area contributed by atoms with E-state index in [1.54, 1.807) is 6.07 Å². The second kappa shape index (κ2) is 9.36. The van der Waals surface area contributed by atoms with E-state index in [2.05, 4.69) is 59.3 Å². The Kier molecular flexibility index (Phi) is 6.04. The fraction of sp³-hybridized carbons (Fsp3) is 0.300. The summed E-state index contributed by atoms with van der Waals surface area (Å²) in [7, 11) is 5.99. The summed E-state index contributed by atoms with van der Waals surface area (Å²) in [6.07, 6.45) is 1.02. The standard InChI is InChI=1S/C30H31N3O2S/c1-31(2)27-19-25(34)23-9-6-8-21(29(23)35-27)22-12-11-20(13-14-33-17-15-32(3)16-18-33)28-24-7-4-5-10-26(24)36-30(22)28/h4-12,19H,13-18H2,1-3H3. The highest BCUT2D eigenvalue weighted by Gasteiger charge is 2.19. The number of anilines is 1. The smallest absolute Gasteiger partial charge is 0.199 e. The molecular formula is C30H31N3O2S. The number of hydrogen-bond acceptors (Lipinski definition) is 6. The first-order valence-electron chi connectivity index (χ1n) is 12.6. The van der Waals surface area contributed by atoms with Crippen LogP contribution in [0.15, 0.2) is 69.9 Å². The number of thiophene rings is 1. The molecule has 1 fully saturated rings. The third kappa shape index (κ3) is 4.09. The summed E-state index contributed by atoms with van der Waals surface area (Å²) in [5.41, 5.74) is 4.12. The maximum Gasteiger partial charge on any atom is 0.199 e. The van der Waals surface area contributed by atoms with Crippen LogP contribution in [0, 0.1) is 0 Å². The van der Waals surface area contributed by atoms with Crippen LogP contribution >= 0.6 is 11.3 Å². The molecular weight excluding hydrogens is 466 g/mol. The van der Waals surface area contributed by atoms with Gasteiger partial charge in [-0.2, -0.15) is 0 Å². The fourth-order valence-electron chi connectivity index (χ4n) is 5.26. The van der Waals surface area contributed by atoms with Gasteiger partial charge in [0.1, 0.15) is 5.58 Å². The van der Waals surface area contributed by atoms with Crippen LogP contribution in [-0.4, -0.2) is 63.7 Å². The van der Waals surface area contributed by atoms with Gasteiger partial charge in [0, 0.05) is 84.2 Å². The fourth-order valence-corrected chi connectivity index (χ4v) is 6.54. The molecule has 3 aromatic carbocycles. The van der Waals surface area contributed by atoms with Crippen molar-refractivity contribution in [2.75, 3.05) is 58.8 Å². The van der Waals surface area contributed by atoms with Crippen LogP contribution in [0.5, 0.6) is 0 Å². The Morgan fingerprint density at radius 2 is 1.69 bits per heavy atom. The van der Waals surface area contributed by atoms with Gasteiger partial charge in [0.05, 0.1) is 5.39 Å². The van der Waals surface area contributed by atoms with Crippen LogP contribution in [0.3, 0.4) is 0 Å². The minimum atomic E-state index is -0.0156. The molecule has 2 aromatic heterocycles. The molecule has 0 radical (unpaired) electrons. The van der Waals surface area contributed by atoms with Crippen molar-refractivity contribution in [2.45, 2.75) is 6.42 Å². The molecule has 36 heavy (non-hydrogen) atoms. The molecule has 0 bridgehead atoms. The zero-order chi connectivity index (χ0) is 24.8. The third-order valence-corrected chi connectivity index (χ3v) is 8.58. The molecule has 1 aliphatic rings. The first kappa shape index (κ1) is 23.2. The molecule has 0 unspecified atom stereocenters. The molecule has 5 nitrogen and oxygen atoms in total. The van der Waals surface area contributed by atoms with Gasteiger partial charge in [-0.05, 0) is 31.2 Å². The normalized spacial score (nSPS) is 15.3. The van der Waals surface area contributed by atoms with Gasteiger partial charge in [-0.15, -0.1) is 11.3 Å². The summed E-state index contributed by atoms with van der Waals surface area (Å²) in [6, 6.07) is 20.7. The van der Waals surface area contributed by atoms with Crippen LogP contribution in [-0.2, 0) is 6.42 Å². The van der Waals surface area contributed by atoms with Crippen LogP contribution < -0.4 is 10.3 Å². The predicted molar refractivity (Wildman–Crippen MR) is 153 cm³/mol. The summed E-state index contributed by atoms with van der Waals surface area (Å²) >= 11 is 1.83.